The summed E-state index contributed by atoms with van der Waals surface area (Å²) < 4.78 is 21.7. The topological polar surface area (TPSA) is 122 Å². The summed E-state index contributed by atoms with van der Waals surface area (Å²) in [4.78, 5) is 25.3. The maximum atomic E-state index is 12.2. The van der Waals surface area contributed by atoms with E-state index in [4.69, 9.17) is 16.4 Å². The summed E-state index contributed by atoms with van der Waals surface area (Å²) in [6, 6.07) is 4.93. The van der Waals surface area contributed by atoms with Gasteiger partial charge in [0, 0.05) is 11.9 Å². The molecular weight excluding hydrogens is 382 g/mol. The first kappa shape index (κ1) is 19.9. The molecule has 2 aromatic rings. The van der Waals surface area contributed by atoms with Crippen LogP contribution in [0.1, 0.15) is 23.0 Å². The van der Waals surface area contributed by atoms with Gasteiger partial charge in [0.2, 0.25) is 0 Å². The van der Waals surface area contributed by atoms with Crippen molar-refractivity contribution in [3.05, 3.63) is 40.8 Å². The van der Waals surface area contributed by atoms with E-state index in [9.17, 15) is 13.2 Å². The SMILES string of the molecule is CCONC(=O)c1cnc(Cl)cc1Nc1ccc(C)nc1NC[SH](=O)=O. The van der Waals surface area contributed by atoms with Gasteiger partial charge in [-0.1, -0.05) is 11.6 Å². The molecule has 0 saturated heterocycles. The van der Waals surface area contributed by atoms with E-state index in [1.54, 1.807) is 26.0 Å². The van der Waals surface area contributed by atoms with Crippen LogP contribution in [-0.2, 0) is 15.5 Å². The van der Waals surface area contributed by atoms with Gasteiger partial charge < -0.3 is 10.6 Å². The van der Waals surface area contributed by atoms with Gasteiger partial charge in [-0.15, -0.1) is 0 Å². The van der Waals surface area contributed by atoms with E-state index < -0.39 is 16.6 Å². The number of hydrogen-bond donors (Lipinski definition) is 4. The Morgan fingerprint density at radius 1 is 1.31 bits per heavy atom. The molecule has 0 aliphatic carbocycles. The molecule has 2 heterocycles. The molecule has 0 fully saturated rings. The van der Waals surface area contributed by atoms with Gasteiger partial charge in [-0.3, -0.25) is 9.63 Å². The van der Waals surface area contributed by atoms with E-state index in [1.807, 2.05) is 0 Å². The van der Waals surface area contributed by atoms with E-state index in [2.05, 4.69) is 26.1 Å². The highest BCUT2D eigenvalue weighted by Gasteiger charge is 2.15. The lowest BCUT2D eigenvalue weighted by atomic mass is 10.2. The first-order valence-electron chi connectivity index (χ1n) is 7.58. The Morgan fingerprint density at radius 3 is 2.77 bits per heavy atom. The summed E-state index contributed by atoms with van der Waals surface area (Å²) in [7, 11) is -2.62. The molecule has 0 aliphatic heterocycles. The van der Waals surface area contributed by atoms with Gasteiger partial charge in [-0.2, -0.15) is 0 Å². The van der Waals surface area contributed by atoms with Crippen LogP contribution < -0.4 is 16.1 Å². The summed E-state index contributed by atoms with van der Waals surface area (Å²) in [6.45, 7) is 3.81. The zero-order valence-electron chi connectivity index (χ0n) is 14.1. The molecule has 0 bridgehead atoms. The molecule has 0 spiro atoms. The molecular formula is C15H18ClN5O4S. The Labute approximate surface area is 157 Å². The third-order valence-corrected chi connectivity index (χ3v) is 3.73. The number of halogens is 1. The summed E-state index contributed by atoms with van der Waals surface area (Å²) in [5.41, 5.74) is 4.01. The Bertz CT molecular complexity index is 867. The molecule has 0 aliphatic rings. The van der Waals surface area contributed by atoms with Crippen LogP contribution in [-0.4, -0.2) is 36.8 Å². The number of aromatic nitrogens is 2. The Hall–Kier alpha value is -2.43. The lowest BCUT2D eigenvalue weighted by molar-refractivity contribution is 0.0365. The highest BCUT2D eigenvalue weighted by Crippen LogP contribution is 2.27. The highest BCUT2D eigenvalue weighted by atomic mass is 35.5. The Balaban J connectivity index is 2.35. The molecule has 0 atom stereocenters. The second kappa shape index (κ2) is 9.32. The predicted octanol–water partition coefficient (Wildman–Crippen LogP) is 1.84. The van der Waals surface area contributed by atoms with Crippen molar-refractivity contribution in [3.8, 4) is 0 Å². The summed E-state index contributed by atoms with van der Waals surface area (Å²) >= 11 is 5.93. The average Bonchev–Trinajstić information content (AvgIpc) is 2.60. The van der Waals surface area contributed by atoms with Gasteiger partial charge in [0.25, 0.3) is 5.91 Å². The number of hydrogen-bond acceptors (Lipinski definition) is 8. The predicted molar refractivity (Wildman–Crippen MR) is 99.4 cm³/mol. The van der Waals surface area contributed by atoms with Gasteiger partial charge in [-0.25, -0.2) is 23.9 Å². The standard InChI is InChI=1S/C15H18ClN5O4S/c1-3-25-21-15(22)10-7-17-13(16)6-12(10)20-11-5-4-9(2)19-14(11)18-8-26(23)24/h4-7,26H,3,8H2,1-2H3,(H,17,20)(H,18,19)(H,21,22). The monoisotopic (exact) mass is 399 g/mol. The number of pyridine rings is 2. The lowest BCUT2D eigenvalue weighted by Gasteiger charge is -2.15. The summed E-state index contributed by atoms with van der Waals surface area (Å²) in [5.74, 6) is -0.445. The smallest absolute Gasteiger partial charge is 0.278 e. The molecule has 11 heteroatoms. The minimum absolute atomic E-state index is 0.178. The van der Waals surface area contributed by atoms with Gasteiger partial charge in [0.15, 0.2) is 16.5 Å². The Kier molecular flexibility index (Phi) is 7.13. The second-order valence-electron chi connectivity index (χ2n) is 5.06. The van der Waals surface area contributed by atoms with E-state index in [-0.39, 0.29) is 16.6 Å². The average molecular weight is 400 g/mol. The van der Waals surface area contributed by atoms with Crippen molar-refractivity contribution >= 4 is 45.4 Å². The number of rotatable bonds is 8. The molecule has 9 nitrogen and oxygen atoms in total. The summed E-state index contributed by atoms with van der Waals surface area (Å²) in [6.07, 6.45) is 1.31. The van der Waals surface area contributed by atoms with Crippen LogP contribution in [0.25, 0.3) is 0 Å². The maximum Gasteiger partial charge on any atom is 0.278 e. The van der Waals surface area contributed by atoms with Gasteiger partial charge in [0.1, 0.15) is 11.0 Å². The molecule has 140 valence electrons. The highest BCUT2D eigenvalue weighted by molar-refractivity contribution is 7.72. The lowest BCUT2D eigenvalue weighted by Crippen LogP contribution is -2.24. The number of amides is 1. The first-order chi connectivity index (χ1) is 12.4. The number of aryl methyl sites for hydroxylation is 1. The molecule has 0 unspecified atom stereocenters. The van der Waals surface area contributed by atoms with Gasteiger partial charge in [0.05, 0.1) is 23.5 Å². The van der Waals surface area contributed by atoms with Crippen molar-refractivity contribution in [2.45, 2.75) is 13.8 Å². The van der Waals surface area contributed by atoms with Crippen molar-refractivity contribution in [2.75, 3.05) is 23.1 Å². The molecule has 3 N–H and O–H groups in total. The third-order valence-electron chi connectivity index (χ3n) is 3.10. The van der Waals surface area contributed by atoms with Crippen molar-refractivity contribution in [1.82, 2.24) is 15.4 Å². The molecule has 2 aromatic heterocycles. The van der Waals surface area contributed by atoms with Crippen molar-refractivity contribution in [3.63, 3.8) is 0 Å². The quantitative estimate of drug-likeness (QED) is 0.301. The molecule has 1 amide bonds. The third kappa shape index (κ3) is 5.55. The molecule has 2 rings (SSSR count). The number of carbonyl (C=O) groups excluding carboxylic acids is 1. The Morgan fingerprint density at radius 2 is 2.08 bits per heavy atom. The van der Waals surface area contributed by atoms with Crippen LogP contribution in [0.3, 0.4) is 0 Å². The van der Waals surface area contributed by atoms with Crippen LogP contribution in [0.2, 0.25) is 5.15 Å². The fourth-order valence-electron chi connectivity index (χ4n) is 1.98. The van der Waals surface area contributed by atoms with Gasteiger partial charge in [-0.05, 0) is 32.0 Å². The normalized spacial score (nSPS) is 10.6. The van der Waals surface area contributed by atoms with Crippen LogP contribution >= 0.6 is 11.6 Å². The molecule has 0 saturated carbocycles. The van der Waals surface area contributed by atoms with Crippen molar-refractivity contribution in [1.29, 1.82) is 0 Å². The number of nitrogens with zero attached hydrogens (tertiary/aromatic N) is 2. The van der Waals surface area contributed by atoms with E-state index >= 15 is 0 Å². The second-order valence-corrected chi connectivity index (χ2v) is 6.43. The van der Waals surface area contributed by atoms with Crippen molar-refractivity contribution < 1.29 is 18.0 Å². The zero-order chi connectivity index (χ0) is 19.1. The fraction of sp³-hybridized carbons (Fsp3) is 0.267. The summed E-state index contributed by atoms with van der Waals surface area (Å²) in [5, 5.41) is 5.93. The zero-order valence-corrected chi connectivity index (χ0v) is 15.7. The fourth-order valence-corrected chi connectivity index (χ4v) is 2.42. The molecule has 0 aromatic carbocycles. The minimum Gasteiger partial charge on any atom is -0.355 e. The number of thiol groups is 1. The number of hydroxylamine groups is 1. The molecule has 26 heavy (non-hydrogen) atoms. The van der Waals surface area contributed by atoms with Crippen LogP contribution in [0, 0.1) is 6.92 Å². The minimum atomic E-state index is -2.62. The van der Waals surface area contributed by atoms with Crippen LogP contribution in [0.4, 0.5) is 17.2 Å². The maximum absolute atomic E-state index is 12.2. The van der Waals surface area contributed by atoms with Crippen molar-refractivity contribution in [2.24, 2.45) is 0 Å². The number of nitrogens with one attached hydrogen (secondary N) is 3. The van der Waals surface area contributed by atoms with E-state index in [1.165, 1.54) is 12.3 Å². The van der Waals surface area contributed by atoms with Crippen LogP contribution in [0.5, 0.6) is 0 Å². The largest absolute Gasteiger partial charge is 0.355 e. The van der Waals surface area contributed by atoms with Crippen LogP contribution in [0.15, 0.2) is 24.4 Å². The molecule has 0 radical (unpaired) electrons. The number of anilines is 3. The van der Waals surface area contributed by atoms with Gasteiger partial charge >= 0.3 is 0 Å². The first-order valence-corrected chi connectivity index (χ1v) is 9.32. The number of carbonyl (C=O) groups is 1. The van der Waals surface area contributed by atoms with E-state index in [0.717, 1.165) is 0 Å². The van der Waals surface area contributed by atoms with E-state index in [0.29, 0.717) is 29.5 Å².